The summed E-state index contributed by atoms with van der Waals surface area (Å²) in [6.07, 6.45) is 6.06. The van der Waals surface area contributed by atoms with Gasteiger partial charge in [-0.1, -0.05) is 54.3 Å². The zero-order valence-corrected chi connectivity index (χ0v) is 18.1. The lowest BCUT2D eigenvalue weighted by atomic mass is 9.99. The first-order valence-corrected chi connectivity index (χ1v) is 10.4. The number of benzene rings is 2. The largest absolute Gasteiger partial charge is 0.493 e. The molecule has 0 aliphatic heterocycles. The molecule has 2 aromatic carbocycles. The molecule has 0 spiro atoms. The van der Waals surface area contributed by atoms with E-state index in [0.717, 1.165) is 25.7 Å². The summed E-state index contributed by atoms with van der Waals surface area (Å²) >= 11 is 3.23. The molecule has 0 amide bonds. The van der Waals surface area contributed by atoms with E-state index < -0.39 is 5.82 Å². The number of unbranched alkanes of at least 4 members (excludes halogenated alkanes) is 3. The van der Waals surface area contributed by atoms with Crippen molar-refractivity contribution in [1.82, 2.24) is 0 Å². The van der Waals surface area contributed by atoms with Gasteiger partial charge in [0.05, 0.1) is 23.4 Å². The van der Waals surface area contributed by atoms with E-state index in [2.05, 4.69) is 29.4 Å². The van der Waals surface area contributed by atoms with Crippen molar-refractivity contribution in [2.24, 2.45) is 0 Å². The van der Waals surface area contributed by atoms with Gasteiger partial charge < -0.3 is 9.64 Å². The van der Waals surface area contributed by atoms with E-state index in [0.29, 0.717) is 34.6 Å². The minimum absolute atomic E-state index is 0.0264. The Bertz CT molecular complexity index is 822. The van der Waals surface area contributed by atoms with Crippen molar-refractivity contribution in [2.75, 3.05) is 25.1 Å². The van der Waals surface area contributed by atoms with Crippen LogP contribution in [0.1, 0.15) is 48.5 Å². The molecule has 150 valence electrons. The first-order chi connectivity index (χ1) is 13.5. The molecule has 0 aromatic heterocycles. The van der Waals surface area contributed by atoms with Gasteiger partial charge in [0.25, 0.3) is 0 Å². The van der Waals surface area contributed by atoms with Crippen LogP contribution in [-0.4, -0.2) is 26.0 Å². The number of nitrogens with zero attached hydrogens (tertiary/aromatic N) is 1. The van der Waals surface area contributed by atoms with Crippen molar-refractivity contribution < 1.29 is 13.9 Å². The quantitative estimate of drug-likeness (QED) is 0.226. The molecule has 0 fully saturated rings. The van der Waals surface area contributed by atoms with Crippen molar-refractivity contribution in [1.29, 1.82) is 0 Å². The second-order valence-corrected chi connectivity index (χ2v) is 7.60. The van der Waals surface area contributed by atoms with Gasteiger partial charge in [0.15, 0.2) is 0 Å². The van der Waals surface area contributed by atoms with E-state index in [1.54, 1.807) is 18.2 Å². The number of hydrogen-bond donors (Lipinski definition) is 0. The maximum absolute atomic E-state index is 14.5. The summed E-state index contributed by atoms with van der Waals surface area (Å²) in [6.45, 7) is 7.00. The molecule has 5 heteroatoms. The number of likely N-dealkylation sites (N-methyl/N-ethyl adjacent to an activating group) is 1. The molecular formula is C23H27BrFNO2. The van der Waals surface area contributed by atoms with Gasteiger partial charge in [-0.2, -0.15) is 0 Å². The van der Waals surface area contributed by atoms with Gasteiger partial charge in [-0.25, -0.2) is 4.39 Å². The Morgan fingerprint density at radius 2 is 2.04 bits per heavy atom. The van der Waals surface area contributed by atoms with Crippen LogP contribution in [0.2, 0.25) is 0 Å². The standard InChI is InChI=1S/C23H27BrFNO2/c1-4-6-7-8-15-28-21-11-9-10-20(26(3)14-5-2)22(21)23(27)18-13-12-17(24)16-19(18)25/h5,9-13,16H,2,4,6-8,14-15H2,1,3H3. The van der Waals surface area contributed by atoms with Crippen molar-refractivity contribution in [2.45, 2.75) is 32.6 Å². The van der Waals surface area contributed by atoms with Crippen LogP contribution in [0.3, 0.4) is 0 Å². The summed E-state index contributed by atoms with van der Waals surface area (Å²) < 4.78 is 21.0. The highest BCUT2D eigenvalue weighted by atomic mass is 79.9. The Morgan fingerprint density at radius 3 is 2.71 bits per heavy atom. The molecule has 0 N–H and O–H groups in total. The van der Waals surface area contributed by atoms with Gasteiger partial charge in [-0.15, -0.1) is 6.58 Å². The molecule has 0 aliphatic rings. The van der Waals surface area contributed by atoms with Crippen LogP contribution >= 0.6 is 15.9 Å². The minimum atomic E-state index is -0.561. The predicted molar refractivity (Wildman–Crippen MR) is 117 cm³/mol. The summed E-state index contributed by atoms with van der Waals surface area (Å²) in [5, 5.41) is 0. The highest BCUT2D eigenvalue weighted by Crippen LogP contribution is 2.32. The Balaban J connectivity index is 2.41. The fourth-order valence-electron chi connectivity index (χ4n) is 3.00. The number of ether oxygens (including phenoxy) is 1. The van der Waals surface area contributed by atoms with Crippen molar-refractivity contribution in [3.8, 4) is 5.75 Å². The van der Waals surface area contributed by atoms with Crippen LogP contribution in [0, 0.1) is 5.82 Å². The number of carbonyl (C=O) groups excluding carboxylic acids is 1. The maximum Gasteiger partial charge on any atom is 0.201 e. The molecule has 28 heavy (non-hydrogen) atoms. The highest BCUT2D eigenvalue weighted by molar-refractivity contribution is 9.10. The van der Waals surface area contributed by atoms with Crippen molar-refractivity contribution in [3.63, 3.8) is 0 Å². The van der Waals surface area contributed by atoms with Crippen LogP contribution < -0.4 is 9.64 Å². The highest BCUT2D eigenvalue weighted by Gasteiger charge is 2.23. The molecule has 0 saturated heterocycles. The molecule has 2 rings (SSSR count). The normalized spacial score (nSPS) is 10.6. The molecule has 0 unspecified atom stereocenters. The van der Waals surface area contributed by atoms with Crippen LogP contribution in [0.25, 0.3) is 0 Å². The third kappa shape index (κ3) is 5.68. The number of anilines is 1. The zero-order valence-electron chi connectivity index (χ0n) is 16.5. The van der Waals surface area contributed by atoms with Crippen LogP contribution in [0.5, 0.6) is 5.75 Å². The lowest BCUT2D eigenvalue weighted by Gasteiger charge is -2.23. The summed E-state index contributed by atoms with van der Waals surface area (Å²) in [4.78, 5) is 15.2. The molecule has 0 aliphatic carbocycles. The molecule has 0 heterocycles. The summed E-state index contributed by atoms with van der Waals surface area (Å²) in [6, 6.07) is 9.93. The average Bonchev–Trinajstić information content (AvgIpc) is 2.67. The van der Waals surface area contributed by atoms with E-state index >= 15 is 0 Å². The SMILES string of the molecule is C=CCN(C)c1cccc(OCCCCCC)c1C(=O)c1ccc(Br)cc1F. The summed E-state index contributed by atoms with van der Waals surface area (Å²) in [5.41, 5.74) is 1.10. The van der Waals surface area contributed by atoms with Gasteiger partial charge in [-0.3, -0.25) is 4.79 Å². The zero-order chi connectivity index (χ0) is 20.5. The summed E-state index contributed by atoms with van der Waals surface area (Å²) in [5.74, 6) is -0.466. The lowest BCUT2D eigenvalue weighted by Crippen LogP contribution is -2.21. The van der Waals surface area contributed by atoms with Gasteiger partial charge in [0.1, 0.15) is 11.6 Å². The van der Waals surface area contributed by atoms with E-state index in [9.17, 15) is 9.18 Å². The molecular weight excluding hydrogens is 421 g/mol. The number of rotatable bonds is 11. The number of ketones is 1. The van der Waals surface area contributed by atoms with Gasteiger partial charge >= 0.3 is 0 Å². The summed E-state index contributed by atoms with van der Waals surface area (Å²) in [7, 11) is 1.87. The van der Waals surface area contributed by atoms with Crippen molar-refractivity contribution in [3.05, 3.63) is 70.5 Å². The lowest BCUT2D eigenvalue weighted by molar-refractivity contribution is 0.103. The maximum atomic E-state index is 14.5. The first kappa shape index (κ1) is 22.2. The predicted octanol–water partition coefficient (Wildman–Crippen LogP) is 6.40. The molecule has 0 saturated carbocycles. The second-order valence-electron chi connectivity index (χ2n) is 6.68. The Labute approximate surface area is 175 Å². The monoisotopic (exact) mass is 447 g/mol. The van der Waals surface area contributed by atoms with Crippen LogP contribution in [-0.2, 0) is 0 Å². The van der Waals surface area contributed by atoms with E-state index in [-0.39, 0.29) is 11.3 Å². The molecule has 2 aromatic rings. The van der Waals surface area contributed by atoms with Gasteiger partial charge in [0.2, 0.25) is 5.78 Å². The topological polar surface area (TPSA) is 29.5 Å². The van der Waals surface area contributed by atoms with E-state index in [1.807, 2.05) is 24.1 Å². The second kappa shape index (κ2) is 11.0. The van der Waals surface area contributed by atoms with E-state index in [4.69, 9.17) is 4.74 Å². The third-order valence-corrected chi connectivity index (χ3v) is 4.97. The Kier molecular flexibility index (Phi) is 8.71. The number of halogens is 2. The first-order valence-electron chi connectivity index (χ1n) is 9.57. The van der Waals surface area contributed by atoms with Gasteiger partial charge in [0, 0.05) is 18.1 Å². The van der Waals surface area contributed by atoms with Crippen LogP contribution in [0.4, 0.5) is 10.1 Å². The smallest absolute Gasteiger partial charge is 0.201 e. The Hall–Kier alpha value is -2.14. The molecule has 0 atom stereocenters. The molecule has 0 radical (unpaired) electrons. The third-order valence-electron chi connectivity index (χ3n) is 4.48. The average molecular weight is 448 g/mol. The minimum Gasteiger partial charge on any atom is -0.493 e. The van der Waals surface area contributed by atoms with Crippen LogP contribution in [0.15, 0.2) is 53.5 Å². The molecule has 3 nitrogen and oxygen atoms in total. The van der Waals surface area contributed by atoms with Gasteiger partial charge in [-0.05, 0) is 36.8 Å². The van der Waals surface area contributed by atoms with E-state index in [1.165, 1.54) is 12.1 Å². The molecule has 0 bridgehead atoms. The fourth-order valence-corrected chi connectivity index (χ4v) is 3.33. The fraction of sp³-hybridized carbons (Fsp3) is 0.348. The number of hydrogen-bond acceptors (Lipinski definition) is 3. The Morgan fingerprint density at radius 1 is 1.25 bits per heavy atom. The number of carbonyl (C=O) groups is 1. The van der Waals surface area contributed by atoms with Crippen molar-refractivity contribution >= 4 is 27.4 Å².